The van der Waals surface area contributed by atoms with Crippen molar-refractivity contribution >= 4 is 45.9 Å². The van der Waals surface area contributed by atoms with Gasteiger partial charge in [-0.05, 0) is 35.9 Å². The van der Waals surface area contributed by atoms with Crippen LogP contribution in [0.15, 0.2) is 45.9 Å². The monoisotopic (exact) mass is 571 g/mol. The van der Waals surface area contributed by atoms with Crippen molar-refractivity contribution in [2.75, 3.05) is 14.2 Å². The second kappa shape index (κ2) is 11.9. The van der Waals surface area contributed by atoms with Crippen LogP contribution in [-0.2, 0) is 13.1 Å². The third-order valence-electron chi connectivity index (χ3n) is 3.58. The first-order chi connectivity index (χ1) is 12.9. The van der Waals surface area contributed by atoms with Crippen LogP contribution in [0.25, 0.3) is 0 Å². The topological polar surface area (TPSA) is 78.1 Å². The second-order valence-electron chi connectivity index (χ2n) is 5.37. The molecule has 3 N–H and O–H groups in total. The van der Waals surface area contributed by atoms with Crippen molar-refractivity contribution < 1.29 is 23.0 Å². The van der Waals surface area contributed by atoms with Crippen LogP contribution in [0.5, 0.6) is 17.2 Å². The number of ether oxygens (including phenoxy) is 3. The molecular weight excluding hydrogens is 551 g/mol. The van der Waals surface area contributed by atoms with E-state index in [0.29, 0.717) is 23.6 Å². The van der Waals surface area contributed by atoms with E-state index in [0.717, 1.165) is 10.0 Å². The molecule has 6 nitrogen and oxygen atoms in total. The fourth-order valence-electron chi connectivity index (χ4n) is 2.29. The molecule has 0 amide bonds. The number of guanidine groups is 1. The molecule has 0 unspecified atom stereocenters. The van der Waals surface area contributed by atoms with Crippen molar-refractivity contribution in [3.05, 3.63) is 52.0 Å². The lowest BCUT2D eigenvalue weighted by molar-refractivity contribution is -0.0504. The summed E-state index contributed by atoms with van der Waals surface area (Å²) in [7, 11) is 3.11. The molecule has 0 aromatic heterocycles. The normalized spacial score (nSPS) is 11.0. The molecule has 154 valence electrons. The lowest BCUT2D eigenvalue weighted by atomic mass is 10.2. The maximum Gasteiger partial charge on any atom is 0.387 e. The smallest absolute Gasteiger partial charge is 0.387 e. The molecule has 0 fully saturated rings. The summed E-state index contributed by atoms with van der Waals surface area (Å²) in [5.74, 6) is 1.47. The quantitative estimate of drug-likeness (QED) is 0.281. The van der Waals surface area contributed by atoms with Crippen LogP contribution in [0.4, 0.5) is 8.78 Å². The van der Waals surface area contributed by atoms with Gasteiger partial charge in [0.1, 0.15) is 5.75 Å². The van der Waals surface area contributed by atoms with E-state index in [1.165, 1.54) is 6.07 Å². The first kappa shape index (κ1) is 24.2. The Hall–Kier alpha value is -1.82. The molecule has 0 radical (unpaired) electrons. The summed E-state index contributed by atoms with van der Waals surface area (Å²) < 4.78 is 40.7. The van der Waals surface area contributed by atoms with Crippen molar-refractivity contribution in [1.29, 1.82) is 0 Å². The van der Waals surface area contributed by atoms with Gasteiger partial charge in [-0.1, -0.05) is 22.0 Å². The van der Waals surface area contributed by atoms with Gasteiger partial charge in [-0.25, -0.2) is 4.99 Å². The van der Waals surface area contributed by atoms with Gasteiger partial charge in [0.15, 0.2) is 17.5 Å². The number of hydrogen-bond acceptors (Lipinski definition) is 4. The summed E-state index contributed by atoms with van der Waals surface area (Å²) in [6.45, 7) is -2.40. The number of methoxy groups -OCH3 is 2. The Morgan fingerprint density at radius 3 is 2.43 bits per heavy atom. The Balaban J connectivity index is 0.00000392. The molecule has 2 aromatic carbocycles. The highest BCUT2D eigenvalue weighted by Crippen LogP contribution is 2.28. The van der Waals surface area contributed by atoms with Crippen LogP contribution in [0.1, 0.15) is 11.1 Å². The van der Waals surface area contributed by atoms with Crippen molar-refractivity contribution in [3.8, 4) is 17.2 Å². The Bertz CT molecular complexity index is 810. The average molecular weight is 572 g/mol. The standard InChI is InChI=1S/C18H20BrF2N3O3.HI/c1-25-15-5-3-11(7-16(15)26-2)9-23-18(22)24-10-12-8-13(19)4-6-14(12)27-17(20)21;/h3-8,17H,9-10H2,1-2H3,(H3,22,23,24);1H. The number of alkyl halides is 2. The van der Waals surface area contributed by atoms with E-state index >= 15 is 0 Å². The summed E-state index contributed by atoms with van der Waals surface area (Å²) in [4.78, 5) is 4.24. The zero-order valence-electron chi connectivity index (χ0n) is 15.2. The molecule has 0 bridgehead atoms. The minimum absolute atomic E-state index is 0. The zero-order valence-corrected chi connectivity index (χ0v) is 19.2. The lowest BCUT2D eigenvalue weighted by Crippen LogP contribution is -2.31. The van der Waals surface area contributed by atoms with Crippen molar-refractivity contribution in [3.63, 3.8) is 0 Å². The Kier molecular flexibility index (Phi) is 10.3. The highest BCUT2D eigenvalue weighted by atomic mass is 127. The second-order valence-corrected chi connectivity index (χ2v) is 6.29. The summed E-state index contributed by atoms with van der Waals surface area (Å²) in [5, 5.41) is 2.89. The molecule has 0 aliphatic carbocycles. The van der Waals surface area contributed by atoms with E-state index in [9.17, 15) is 8.78 Å². The van der Waals surface area contributed by atoms with Crippen LogP contribution in [0, 0.1) is 0 Å². The van der Waals surface area contributed by atoms with Gasteiger partial charge in [-0.15, -0.1) is 24.0 Å². The number of benzene rings is 2. The average Bonchev–Trinajstić information content (AvgIpc) is 2.65. The number of nitrogens with zero attached hydrogens (tertiary/aromatic N) is 1. The van der Waals surface area contributed by atoms with E-state index in [2.05, 4.69) is 31.0 Å². The van der Waals surface area contributed by atoms with Crippen molar-refractivity contribution in [2.45, 2.75) is 19.7 Å². The van der Waals surface area contributed by atoms with Crippen LogP contribution in [0.2, 0.25) is 0 Å². The van der Waals surface area contributed by atoms with Gasteiger partial charge in [0, 0.05) is 16.6 Å². The number of nitrogens with two attached hydrogens (primary N) is 1. The molecule has 0 saturated heterocycles. The molecule has 0 spiro atoms. The van der Waals surface area contributed by atoms with Gasteiger partial charge in [-0.2, -0.15) is 8.78 Å². The van der Waals surface area contributed by atoms with Gasteiger partial charge in [0.05, 0.1) is 20.8 Å². The highest BCUT2D eigenvalue weighted by Gasteiger charge is 2.10. The fourth-order valence-corrected chi connectivity index (χ4v) is 2.70. The molecule has 0 aliphatic heterocycles. The molecule has 2 rings (SSSR count). The van der Waals surface area contributed by atoms with Gasteiger partial charge >= 0.3 is 6.61 Å². The molecule has 10 heteroatoms. The number of rotatable bonds is 8. The van der Waals surface area contributed by atoms with Crippen LogP contribution in [0.3, 0.4) is 0 Å². The van der Waals surface area contributed by atoms with E-state index in [1.807, 2.05) is 6.07 Å². The van der Waals surface area contributed by atoms with E-state index in [1.54, 1.807) is 38.5 Å². The molecule has 0 saturated carbocycles. The predicted octanol–water partition coefficient (Wildman–Crippen LogP) is 4.29. The Morgan fingerprint density at radius 1 is 1.11 bits per heavy atom. The number of aliphatic imine (C=N–C) groups is 1. The number of halogens is 4. The Morgan fingerprint density at radius 2 is 1.79 bits per heavy atom. The first-order valence-electron chi connectivity index (χ1n) is 7.91. The molecular formula is C18H21BrF2IN3O3. The minimum atomic E-state index is -2.90. The summed E-state index contributed by atoms with van der Waals surface area (Å²) in [6.07, 6.45) is 0. The fraction of sp³-hybridized carbons (Fsp3) is 0.278. The number of hydrogen-bond donors (Lipinski definition) is 2. The maximum atomic E-state index is 12.5. The third kappa shape index (κ3) is 7.30. The molecule has 0 atom stereocenters. The van der Waals surface area contributed by atoms with Gasteiger partial charge in [0.25, 0.3) is 0 Å². The maximum absolute atomic E-state index is 12.5. The summed E-state index contributed by atoms with van der Waals surface area (Å²) in [5.41, 5.74) is 7.27. The minimum Gasteiger partial charge on any atom is -0.493 e. The largest absolute Gasteiger partial charge is 0.493 e. The van der Waals surface area contributed by atoms with Crippen LogP contribution >= 0.6 is 39.9 Å². The van der Waals surface area contributed by atoms with Crippen molar-refractivity contribution in [2.24, 2.45) is 10.7 Å². The Labute approximate surface area is 187 Å². The van der Waals surface area contributed by atoms with Gasteiger partial charge in [0.2, 0.25) is 0 Å². The van der Waals surface area contributed by atoms with E-state index in [4.69, 9.17) is 15.2 Å². The van der Waals surface area contributed by atoms with Crippen LogP contribution in [-0.4, -0.2) is 26.8 Å². The lowest BCUT2D eigenvalue weighted by Gasteiger charge is -2.12. The molecule has 0 aliphatic rings. The number of nitrogens with one attached hydrogen (secondary N) is 1. The van der Waals surface area contributed by atoms with E-state index in [-0.39, 0.29) is 42.2 Å². The molecule has 28 heavy (non-hydrogen) atoms. The molecule has 2 aromatic rings. The van der Waals surface area contributed by atoms with Gasteiger partial charge in [-0.3, -0.25) is 0 Å². The highest BCUT2D eigenvalue weighted by molar-refractivity contribution is 14.0. The molecule has 0 heterocycles. The van der Waals surface area contributed by atoms with Crippen molar-refractivity contribution in [1.82, 2.24) is 5.32 Å². The van der Waals surface area contributed by atoms with Crippen LogP contribution < -0.4 is 25.3 Å². The predicted molar refractivity (Wildman–Crippen MR) is 118 cm³/mol. The SMILES string of the molecule is COc1ccc(CN=C(N)NCc2cc(Br)ccc2OC(F)F)cc1OC.I. The zero-order chi connectivity index (χ0) is 19.8. The van der Waals surface area contributed by atoms with E-state index < -0.39 is 6.61 Å². The first-order valence-corrected chi connectivity index (χ1v) is 8.70. The van der Waals surface area contributed by atoms with Gasteiger partial charge < -0.3 is 25.3 Å². The summed E-state index contributed by atoms with van der Waals surface area (Å²) >= 11 is 3.30. The third-order valence-corrected chi connectivity index (χ3v) is 4.07. The summed E-state index contributed by atoms with van der Waals surface area (Å²) in [6, 6.07) is 10.2.